The molecule has 2 fully saturated rings. The Morgan fingerprint density at radius 1 is 1.11 bits per heavy atom. The number of carbonyl (C=O) groups is 1. The number of amides is 1. The second-order valence-corrected chi connectivity index (χ2v) is 7.07. The maximum absolute atomic E-state index is 13.1. The predicted molar refractivity (Wildman–Crippen MR) is 98.4 cm³/mol. The topological polar surface area (TPSA) is 61.4 Å². The first-order valence-electron chi connectivity index (χ1n) is 9.20. The third kappa shape index (κ3) is 3.74. The van der Waals surface area contributed by atoms with E-state index in [1.165, 1.54) is 12.4 Å². The smallest absolute Gasteiger partial charge is 0.371 e. The van der Waals surface area contributed by atoms with Gasteiger partial charge in [0.1, 0.15) is 12.1 Å². The summed E-state index contributed by atoms with van der Waals surface area (Å²) in [6.07, 6.45) is 0.502. The predicted octanol–water partition coefficient (Wildman–Crippen LogP) is 2.71. The molecule has 1 N–H and O–H groups in total. The summed E-state index contributed by atoms with van der Waals surface area (Å²) in [6, 6.07) is 5.07. The van der Waals surface area contributed by atoms with Crippen molar-refractivity contribution in [1.82, 2.24) is 15.3 Å². The minimum absolute atomic E-state index is 0.0730. The highest BCUT2D eigenvalue weighted by atomic mass is 19.4. The van der Waals surface area contributed by atoms with E-state index < -0.39 is 11.7 Å². The summed E-state index contributed by atoms with van der Waals surface area (Å²) in [6.45, 7) is 2.52. The number of rotatable bonds is 4. The Morgan fingerprint density at radius 2 is 1.86 bits per heavy atom. The number of hydrogen-bond acceptors (Lipinski definition) is 5. The van der Waals surface area contributed by atoms with Crippen molar-refractivity contribution in [2.24, 2.45) is 0 Å². The van der Waals surface area contributed by atoms with Crippen LogP contribution in [0.3, 0.4) is 0 Å². The van der Waals surface area contributed by atoms with Crippen LogP contribution in [0.2, 0.25) is 0 Å². The SMILES string of the molecule is O=C(NC1CN(c2ccncn2)C1)c1ccc(C(F)(F)F)cc1N1CCCC1. The summed E-state index contributed by atoms with van der Waals surface area (Å²) in [5, 5.41) is 2.92. The second-order valence-electron chi connectivity index (χ2n) is 7.07. The number of nitrogens with one attached hydrogen (secondary N) is 1. The van der Waals surface area contributed by atoms with Crippen LogP contribution in [-0.2, 0) is 6.18 Å². The fraction of sp³-hybridized carbons (Fsp3) is 0.421. The molecule has 148 valence electrons. The van der Waals surface area contributed by atoms with Crippen LogP contribution in [0.5, 0.6) is 0 Å². The van der Waals surface area contributed by atoms with E-state index in [0.717, 1.165) is 30.8 Å². The van der Waals surface area contributed by atoms with Gasteiger partial charge >= 0.3 is 6.18 Å². The molecule has 2 aliphatic heterocycles. The Kier molecular flexibility index (Phi) is 4.82. The van der Waals surface area contributed by atoms with Gasteiger partial charge in [0, 0.05) is 32.4 Å². The Hall–Kier alpha value is -2.84. The van der Waals surface area contributed by atoms with E-state index in [2.05, 4.69) is 15.3 Å². The van der Waals surface area contributed by atoms with Crippen LogP contribution >= 0.6 is 0 Å². The lowest BCUT2D eigenvalue weighted by molar-refractivity contribution is -0.137. The number of hydrogen-bond donors (Lipinski definition) is 1. The van der Waals surface area contributed by atoms with Crippen LogP contribution in [0, 0.1) is 0 Å². The van der Waals surface area contributed by atoms with Gasteiger partial charge in [0.15, 0.2) is 0 Å². The first kappa shape index (κ1) is 18.5. The molecule has 1 amide bonds. The van der Waals surface area contributed by atoms with Gasteiger partial charge in [-0.05, 0) is 37.1 Å². The standard InChI is InChI=1S/C19H20F3N5O/c20-19(21,22)13-3-4-15(16(9-13)26-7-1-2-8-26)18(28)25-14-10-27(11-14)17-5-6-23-12-24-17/h3-6,9,12,14H,1-2,7-8,10-11H2,(H,25,28). The maximum atomic E-state index is 13.1. The average molecular weight is 391 g/mol. The van der Waals surface area contributed by atoms with Crippen molar-refractivity contribution < 1.29 is 18.0 Å². The molecule has 4 rings (SSSR count). The van der Waals surface area contributed by atoms with Gasteiger partial charge in [-0.3, -0.25) is 4.79 Å². The van der Waals surface area contributed by atoms with Crippen LogP contribution in [0.4, 0.5) is 24.7 Å². The number of halogens is 3. The summed E-state index contributed by atoms with van der Waals surface area (Å²) in [7, 11) is 0. The molecule has 2 saturated heterocycles. The van der Waals surface area contributed by atoms with Crippen molar-refractivity contribution in [2.75, 3.05) is 36.0 Å². The van der Waals surface area contributed by atoms with Gasteiger partial charge in [0.25, 0.3) is 5.91 Å². The van der Waals surface area contributed by atoms with Crippen molar-refractivity contribution in [1.29, 1.82) is 0 Å². The summed E-state index contributed by atoms with van der Waals surface area (Å²) in [4.78, 5) is 24.7. The monoisotopic (exact) mass is 391 g/mol. The van der Waals surface area contributed by atoms with Crippen molar-refractivity contribution >= 4 is 17.4 Å². The van der Waals surface area contributed by atoms with Crippen LogP contribution in [-0.4, -0.2) is 48.1 Å². The normalized spacial score (nSPS) is 17.5. The van der Waals surface area contributed by atoms with Crippen LogP contribution in [0.15, 0.2) is 36.8 Å². The maximum Gasteiger partial charge on any atom is 0.416 e. The van der Waals surface area contributed by atoms with Crippen molar-refractivity contribution in [2.45, 2.75) is 25.1 Å². The summed E-state index contributed by atoms with van der Waals surface area (Å²) >= 11 is 0. The lowest BCUT2D eigenvalue weighted by Gasteiger charge is -2.40. The van der Waals surface area contributed by atoms with Gasteiger partial charge in [0.05, 0.1) is 22.9 Å². The zero-order valence-corrected chi connectivity index (χ0v) is 15.1. The van der Waals surface area contributed by atoms with Crippen molar-refractivity contribution in [3.05, 3.63) is 47.9 Å². The van der Waals surface area contributed by atoms with E-state index in [-0.39, 0.29) is 17.5 Å². The molecule has 0 radical (unpaired) electrons. The fourth-order valence-electron chi connectivity index (χ4n) is 3.61. The Labute approximate surface area is 160 Å². The zero-order chi connectivity index (χ0) is 19.7. The quantitative estimate of drug-likeness (QED) is 0.869. The molecule has 1 aromatic heterocycles. The fourth-order valence-corrected chi connectivity index (χ4v) is 3.61. The highest BCUT2D eigenvalue weighted by Gasteiger charge is 2.34. The molecule has 0 bridgehead atoms. The lowest BCUT2D eigenvalue weighted by Crippen LogP contribution is -2.59. The highest BCUT2D eigenvalue weighted by molar-refractivity contribution is 6.00. The Morgan fingerprint density at radius 3 is 2.50 bits per heavy atom. The van der Waals surface area contributed by atoms with E-state index in [0.29, 0.717) is 31.9 Å². The van der Waals surface area contributed by atoms with Gasteiger partial charge in [0.2, 0.25) is 0 Å². The molecular formula is C19H20F3N5O. The molecule has 1 aromatic carbocycles. The zero-order valence-electron chi connectivity index (χ0n) is 15.1. The molecule has 0 atom stereocenters. The number of benzene rings is 1. The van der Waals surface area contributed by atoms with E-state index in [9.17, 15) is 18.0 Å². The Bertz CT molecular complexity index is 846. The summed E-state index contributed by atoms with van der Waals surface area (Å²) < 4.78 is 39.4. The molecule has 9 heteroatoms. The van der Waals surface area contributed by atoms with Gasteiger partial charge in [-0.2, -0.15) is 13.2 Å². The molecule has 2 aromatic rings. The number of aromatic nitrogens is 2. The third-order valence-electron chi connectivity index (χ3n) is 5.12. The van der Waals surface area contributed by atoms with E-state index in [4.69, 9.17) is 0 Å². The number of carbonyl (C=O) groups excluding carboxylic acids is 1. The van der Waals surface area contributed by atoms with Crippen molar-refractivity contribution in [3.63, 3.8) is 0 Å². The largest absolute Gasteiger partial charge is 0.416 e. The van der Waals surface area contributed by atoms with Gasteiger partial charge in [-0.25, -0.2) is 9.97 Å². The third-order valence-corrected chi connectivity index (χ3v) is 5.12. The lowest BCUT2D eigenvalue weighted by atomic mass is 10.0. The van der Waals surface area contributed by atoms with Crippen LogP contribution in [0.25, 0.3) is 0 Å². The van der Waals surface area contributed by atoms with E-state index in [1.807, 2.05) is 9.80 Å². The minimum atomic E-state index is -4.44. The number of alkyl halides is 3. The highest BCUT2D eigenvalue weighted by Crippen LogP contribution is 2.34. The molecule has 0 spiro atoms. The van der Waals surface area contributed by atoms with Gasteiger partial charge in [-0.1, -0.05) is 0 Å². The summed E-state index contributed by atoms with van der Waals surface area (Å²) in [5.74, 6) is 0.441. The molecule has 28 heavy (non-hydrogen) atoms. The molecule has 0 aliphatic carbocycles. The molecule has 2 aliphatic rings. The van der Waals surface area contributed by atoms with Gasteiger partial charge in [-0.15, -0.1) is 0 Å². The van der Waals surface area contributed by atoms with E-state index >= 15 is 0 Å². The first-order chi connectivity index (χ1) is 13.4. The molecule has 0 unspecified atom stereocenters. The van der Waals surface area contributed by atoms with Crippen LogP contribution < -0.4 is 15.1 Å². The van der Waals surface area contributed by atoms with Crippen molar-refractivity contribution in [3.8, 4) is 0 Å². The number of nitrogens with zero attached hydrogens (tertiary/aromatic N) is 4. The van der Waals surface area contributed by atoms with Crippen LogP contribution in [0.1, 0.15) is 28.8 Å². The molecular weight excluding hydrogens is 371 g/mol. The molecule has 3 heterocycles. The molecule has 6 nitrogen and oxygen atoms in total. The van der Waals surface area contributed by atoms with Gasteiger partial charge < -0.3 is 15.1 Å². The second kappa shape index (κ2) is 7.29. The minimum Gasteiger partial charge on any atom is -0.371 e. The number of anilines is 2. The van der Waals surface area contributed by atoms with E-state index in [1.54, 1.807) is 12.3 Å². The Balaban J connectivity index is 1.48. The first-order valence-corrected chi connectivity index (χ1v) is 9.20. The summed E-state index contributed by atoms with van der Waals surface area (Å²) in [5.41, 5.74) is -0.0864. The molecule has 0 saturated carbocycles. The average Bonchev–Trinajstić information content (AvgIpc) is 3.18.